The fraction of sp³-hybridized carbons (Fsp3) is 0.333. The van der Waals surface area contributed by atoms with Crippen molar-refractivity contribution in [2.45, 2.75) is 25.4 Å². The third-order valence-electron chi connectivity index (χ3n) is 5.61. The van der Waals surface area contributed by atoms with Gasteiger partial charge in [-0.1, -0.05) is 12.1 Å². The quantitative estimate of drug-likeness (QED) is 0.714. The van der Waals surface area contributed by atoms with Crippen molar-refractivity contribution in [3.05, 3.63) is 75.1 Å². The Kier molecular flexibility index (Phi) is 3.98. The standard InChI is InChI=1S/C21H21N3OS/c25-21-19(16-3-1-7-22-10-16)5-6-20-17-9-15(12-24(20)21)11-23(13-17)14-18-4-2-8-26-18/h1-8,10,15,17H,9,11-14H2/t15-,17+/m0/s1. The minimum absolute atomic E-state index is 0.136. The Morgan fingerprint density at radius 2 is 2.08 bits per heavy atom. The summed E-state index contributed by atoms with van der Waals surface area (Å²) in [5, 5.41) is 2.15. The molecule has 2 bridgehead atoms. The summed E-state index contributed by atoms with van der Waals surface area (Å²) < 4.78 is 2.03. The highest BCUT2D eigenvalue weighted by molar-refractivity contribution is 7.09. The third kappa shape index (κ3) is 2.81. The highest BCUT2D eigenvalue weighted by Gasteiger charge is 2.35. The predicted molar refractivity (Wildman–Crippen MR) is 104 cm³/mol. The van der Waals surface area contributed by atoms with E-state index < -0.39 is 0 Å². The smallest absolute Gasteiger partial charge is 0.258 e. The molecule has 2 atom stereocenters. The third-order valence-corrected chi connectivity index (χ3v) is 6.47. The minimum atomic E-state index is 0.136. The highest BCUT2D eigenvalue weighted by atomic mass is 32.1. The molecule has 2 aliphatic rings. The summed E-state index contributed by atoms with van der Waals surface area (Å²) in [6.45, 7) is 3.99. The van der Waals surface area contributed by atoms with Gasteiger partial charge in [-0.25, -0.2) is 0 Å². The first kappa shape index (κ1) is 16.0. The van der Waals surface area contributed by atoms with E-state index in [4.69, 9.17) is 0 Å². The van der Waals surface area contributed by atoms with E-state index in [-0.39, 0.29) is 5.56 Å². The van der Waals surface area contributed by atoms with E-state index in [1.54, 1.807) is 12.4 Å². The van der Waals surface area contributed by atoms with E-state index in [1.165, 1.54) is 17.0 Å². The average molecular weight is 363 g/mol. The summed E-state index contributed by atoms with van der Waals surface area (Å²) in [6, 6.07) is 12.3. The lowest BCUT2D eigenvalue weighted by Gasteiger charge is -2.42. The van der Waals surface area contributed by atoms with Crippen LogP contribution in [0.3, 0.4) is 0 Å². The number of rotatable bonds is 3. The first-order chi connectivity index (χ1) is 12.8. The number of hydrogen-bond donors (Lipinski definition) is 0. The van der Waals surface area contributed by atoms with Gasteiger partial charge in [0.15, 0.2) is 0 Å². The zero-order chi connectivity index (χ0) is 17.5. The molecule has 0 amide bonds. The number of piperidine rings is 1. The van der Waals surface area contributed by atoms with Crippen molar-refractivity contribution in [3.8, 4) is 11.1 Å². The monoisotopic (exact) mass is 363 g/mol. The Hall–Kier alpha value is -2.24. The molecule has 5 rings (SSSR count). The van der Waals surface area contributed by atoms with Gasteiger partial charge in [0.1, 0.15) is 0 Å². The Morgan fingerprint density at radius 3 is 2.88 bits per heavy atom. The first-order valence-electron chi connectivity index (χ1n) is 9.17. The molecule has 3 aromatic rings. The van der Waals surface area contributed by atoms with Gasteiger partial charge in [-0.2, -0.15) is 0 Å². The highest BCUT2D eigenvalue weighted by Crippen LogP contribution is 2.36. The van der Waals surface area contributed by atoms with E-state index in [2.05, 4.69) is 33.5 Å². The van der Waals surface area contributed by atoms with Crippen LogP contribution in [0.25, 0.3) is 11.1 Å². The molecule has 0 radical (unpaired) electrons. The van der Waals surface area contributed by atoms with Gasteiger partial charge in [0, 0.05) is 66.2 Å². The van der Waals surface area contributed by atoms with Gasteiger partial charge in [0.05, 0.1) is 0 Å². The molecule has 5 heterocycles. The molecular weight excluding hydrogens is 342 g/mol. The van der Waals surface area contributed by atoms with Crippen molar-refractivity contribution < 1.29 is 0 Å². The molecule has 0 unspecified atom stereocenters. The maximum Gasteiger partial charge on any atom is 0.258 e. The van der Waals surface area contributed by atoms with Crippen LogP contribution < -0.4 is 5.56 Å². The second-order valence-electron chi connectivity index (χ2n) is 7.40. The normalized spacial score (nSPS) is 22.2. The van der Waals surface area contributed by atoms with Gasteiger partial charge >= 0.3 is 0 Å². The van der Waals surface area contributed by atoms with Crippen LogP contribution in [0.2, 0.25) is 0 Å². The molecule has 0 aromatic carbocycles. The molecule has 132 valence electrons. The van der Waals surface area contributed by atoms with Crippen LogP contribution in [0, 0.1) is 5.92 Å². The van der Waals surface area contributed by atoms with Gasteiger partial charge in [-0.05, 0) is 42.0 Å². The van der Waals surface area contributed by atoms with Crippen LogP contribution in [0.15, 0.2) is 59.0 Å². The average Bonchev–Trinajstić information content (AvgIpc) is 3.16. The van der Waals surface area contributed by atoms with E-state index in [0.29, 0.717) is 11.8 Å². The van der Waals surface area contributed by atoms with Crippen molar-refractivity contribution in [1.82, 2.24) is 14.5 Å². The van der Waals surface area contributed by atoms with E-state index in [1.807, 2.05) is 34.1 Å². The molecule has 5 heteroatoms. The number of pyridine rings is 2. The Labute approximate surface area is 156 Å². The summed E-state index contributed by atoms with van der Waals surface area (Å²) in [6.07, 6.45) is 4.72. The van der Waals surface area contributed by atoms with Crippen molar-refractivity contribution in [3.63, 3.8) is 0 Å². The summed E-state index contributed by atoms with van der Waals surface area (Å²) >= 11 is 1.83. The molecule has 0 aliphatic carbocycles. The number of nitrogens with zero attached hydrogens (tertiary/aromatic N) is 3. The fourth-order valence-corrected chi connectivity index (χ4v) is 5.28. The molecule has 0 spiro atoms. The largest absolute Gasteiger partial charge is 0.311 e. The van der Waals surface area contributed by atoms with Crippen molar-refractivity contribution in [2.75, 3.05) is 13.1 Å². The minimum Gasteiger partial charge on any atom is -0.311 e. The van der Waals surface area contributed by atoms with E-state index in [9.17, 15) is 4.79 Å². The van der Waals surface area contributed by atoms with Crippen LogP contribution in [0.1, 0.15) is 22.9 Å². The lowest BCUT2D eigenvalue weighted by molar-refractivity contribution is 0.115. The van der Waals surface area contributed by atoms with Crippen LogP contribution in [0.4, 0.5) is 0 Å². The molecule has 4 nitrogen and oxygen atoms in total. The van der Waals surface area contributed by atoms with Crippen LogP contribution in [0.5, 0.6) is 0 Å². The van der Waals surface area contributed by atoms with Crippen molar-refractivity contribution >= 4 is 11.3 Å². The Bertz CT molecular complexity index is 965. The molecule has 0 N–H and O–H groups in total. The number of thiophene rings is 1. The first-order valence-corrected chi connectivity index (χ1v) is 10.0. The van der Waals surface area contributed by atoms with E-state index >= 15 is 0 Å². The SMILES string of the molecule is O=c1c(-c2cccnc2)ccc2n1C[C@H]1C[C@@H]2CN(Cc2cccs2)C1. The number of hydrogen-bond acceptors (Lipinski definition) is 4. The summed E-state index contributed by atoms with van der Waals surface area (Å²) in [5.74, 6) is 1.01. The van der Waals surface area contributed by atoms with Crippen LogP contribution in [-0.4, -0.2) is 27.5 Å². The van der Waals surface area contributed by atoms with E-state index in [0.717, 1.165) is 37.3 Å². The Morgan fingerprint density at radius 1 is 1.12 bits per heavy atom. The van der Waals surface area contributed by atoms with Crippen LogP contribution >= 0.6 is 11.3 Å². The molecule has 1 fully saturated rings. The molecule has 2 aliphatic heterocycles. The molecule has 3 aromatic heterocycles. The van der Waals surface area contributed by atoms with Crippen LogP contribution in [-0.2, 0) is 13.1 Å². The lowest BCUT2D eigenvalue weighted by Crippen LogP contribution is -2.46. The van der Waals surface area contributed by atoms with Gasteiger partial charge in [0.25, 0.3) is 5.56 Å². The topological polar surface area (TPSA) is 38.1 Å². The summed E-state index contributed by atoms with van der Waals surface area (Å²) in [5.41, 5.74) is 3.01. The molecule has 1 saturated heterocycles. The molecule has 0 saturated carbocycles. The number of likely N-dealkylation sites (tertiary alicyclic amines) is 1. The second kappa shape index (κ2) is 6.49. The van der Waals surface area contributed by atoms with Gasteiger partial charge in [-0.15, -0.1) is 11.3 Å². The Balaban J connectivity index is 1.46. The maximum absolute atomic E-state index is 13.1. The number of aromatic nitrogens is 2. The number of fused-ring (bicyclic) bond motifs is 4. The van der Waals surface area contributed by atoms with Crippen molar-refractivity contribution in [1.29, 1.82) is 0 Å². The fourth-order valence-electron chi connectivity index (χ4n) is 4.54. The predicted octanol–water partition coefficient (Wildman–Crippen LogP) is 3.59. The summed E-state index contributed by atoms with van der Waals surface area (Å²) in [7, 11) is 0. The zero-order valence-corrected chi connectivity index (χ0v) is 15.4. The molecule has 26 heavy (non-hydrogen) atoms. The van der Waals surface area contributed by atoms with Crippen molar-refractivity contribution in [2.24, 2.45) is 5.92 Å². The maximum atomic E-state index is 13.1. The lowest BCUT2D eigenvalue weighted by atomic mass is 9.83. The second-order valence-corrected chi connectivity index (χ2v) is 8.43. The zero-order valence-electron chi connectivity index (χ0n) is 14.5. The van der Waals surface area contributed by atoms with Gasteiger partial charge in [-0.3, -0.25) is 14.7 Å². The molecular formula is C21H21N3OS. The van der Waals surface area contributed by atoms with Gasteiger partial charge in [0.2, 0.25) is 0 Å². The summed E-state index contributed by atoms with van der Waals surface area (Å²) in [4.78, 5) is 21.3. The van der Waals surface area contributed by atoms with Gasteiger partial charge < -0.3 is 4.57 Å².